The zero-order valence-electron chi connectivity index (χ0n) is 16.5. The van der Waals surface area contributed by atoms with Crippen LogP contribution in [0.4, 0.5) is 5.69 Å². The van der Waals surface area contributed by atoms with Gasteiger partial charge >= 0.3 is 0 Å². The van der Waals surface area contributed by atoms with Gasteiger partial charge in [0.05, 0.1) is 19.4 Å². The molecule has 1 saturated heterocycles. The maximum Gasteiger partial charge on any atom is 0.142 e. The summed E-state index contributed by atoms with van der Waals surface area (Å²) in [6.45, 7) is 8.67. The summed E-state index contributed by atoms with van der Waals surface area (Å²) in [6, 6.07) is 17.1. The summed E-state index contributed by atoms with van der Waals surface area (Å²) in [5, 5.41) is 0. The minimum atomic E-state index is 0.699. The second-order valence-electron chi connectivity index (χ2n) is 6.92. The van der Waals surface area contributed by atoms with Crippen molar-refractivity contribution in [3.63, 3.8) is 0 Å². The van der Waals surface area contributed by atoms with E-state index in [1.165, 1.54) is 16.8 Å². The third-order valence-electron chi connectivity index (χ3n) is 4.89. The number of benzene rings is 2. The Bertz CT molecular complexity index is 685. The van der Waals surface area contributed by atoms with E-state index < -0.39 is 0 Å². The van der Waals surface area contributed by atoms with Crippen LogP contribution in [0.3, 0.4) is 0 Å². The van der Waals surface area contributed by atoms with E-state index in [1.807, 2.05) is 0 Å². The van der Waals surface area contributed by atoms with Crippen molar-refractivity contribution in [1.82, 2.24) is 10.4 Å². The highest BCUT2D eigenvalue weighted by Crippen LogP contribution is 2.30. The second-order valence-corrected chi connectivity index (χ2v) is 6.92. The van der Waals surface area contributed by atoms with Crippen molar-refractivity contribution in [2.24, 2.45) is 0 Å². The average Bonchev–Trinajstić information content (AvgIpc) is 2.72. The molecule has 146 valence electrons. The Morgan fingerprint density at radius 3 is 2.44 bits per heavy atom. The van der Waals surface area contributed by atoms with Gasteiger partial charge in [-0.25, -0.2) is 0 Å². The number of hydrogen-bond acceptors (Lipinski definition) is 5. The Morgan fingerprint density at radius 2 is 1.74 bits per heavy atom. The molecule has 0 bridgehead atoms. The molecule has 5 heteroatoms. The van der Waals surface area contributed by atoms with Gasteiger partial charge in [0, 0.05) is 39.3 Å². The van der Waals surface area contributed by atoms with Crippen molar-refractivity contribution in [3.05, 3.63) is 59.7 Å². The fraction of sp³-hybridized carbons (Fsp3) is 0.455. The lowest BCUT2D eigenvalue weighted by Gasteiger charge is -2.36. The van der Waals surface area contributed by atoms with Crippen molar-refractivity contribution in [3.8, 4) is 5.75 Å². The van der Waals surface area contributed by atoms with Crippen molar-refractivity contribution < 1.29 is 9.57 Å². The summed E-state index contributed by atoms with van der Waals surface area (Å²) in [5.74, 6) is 0.935. The quantitative estimate of drug-likeness (QED) is 0.541. The van der Waals surface area contributed by atoms with Crippen molar-refractivity contribution in [2.75, 3.05) is 44.8 Å². The second kappa shape index (κ2) is 10.3. The molecule has 2 aromatic rings. The van der Waals surface area contributed by atoms with Crippen LogP contribution in [0.2, 0.25) is 0 Å². The van der Waals surface area contributed by atoms with E-state index in [0.29, 0.717) is 6.54 Å². The van der Waals surface area contributed by atoms with E-state index in [1.54, 1.807) is 7.11 Å². The van der Waals surface area contributed by atoms with E-state index in [4.69, 9.17) is 9.57 Å². The van der Waals surface area contributed by atoms with Crippen LogP contribution in [-0.2, 0) is 17.9 Å². The predicted octanol–water partition coefficient (Wildman–Crippen LogP) is 3.45. The first kappa shape index (κ1) is 19.7. The molecule has 3 rings (SSSR count). The zero-order valence-corrected chi connectivity index (χ0v) is 16.5. The Balaban J connectivity index is 1.58. The highest BCUT2D eigenvalue weighted by Gasteiger charge is 2.20. The number of hydrogen-bond donors (Lipinski definition) is 1. The first-order valence-electron chi connectivity index (χ1n) is 9.83. The zero-order chi connectivity index (χ0) is 18.9. The fourth-order valence-corrected chi connectivity index (χ4v) is 3.39. The summed E-state index contributed by atoms with van der Waals surface area (Å²) in [5.41, 5.74) is 6.79. The first-order valence-corrected chi connectivity index (χ1v) is 9.83. The number of ether oxygens (including phenoxy) is 1. The van der Waals surface area contributed by atoms with Gasteiger partial charge in [-0.1, -0.05) is 43.3 Å². The number of piperazine rings is 1. The molecule has 27 heavy (non-hydrogen) atoms. The highest BCUT2D eigenvalue weighted by molar-refractivity contribution is 5.60. The molecule has 5 nitrogen and oxygen atoms in total. The van der Waals surface area contributed by atoms with Crippen molar-refractivity contribution >= 4 is 5.69 Å². The molecule has 0 unspecified atom stereocenters. The van der Waals surface area contributed by atoms with Crippen LogP contribution in [0.1, 0.15) is 24.5 Å². The van der Waals surface area contributed by atoms with Gasteiger partial charge in [0.15, 0.2) is 0 Å². The fourth-order valence-electron chi connectivity index (χ4n) is 3.39. The average molecular weight is 370 g/mol. The van der Waals surface area contributed by atoms with Gasteiger partial charge in [0.1, 0.15) is 5.75 Å². The minimum Gasteiger partial charge on any atom is -0.495 e. The number of hydroxylamine groups is 1. The van der Waals surface area contributed by atoms with Crippen molar-refractivity contribution in [2.45, 2.75) is 26.4 Å². The molecular formula is C22H31N3O2. The molecule has 0 radical (unpaired) electrons. The number of nitrogens with zero attached hydrogens (tertiary/aromatic N) is 2. The monoisotopic (exact) mass is 369 g/mol. The normalized spacial score (nSPS) is 15.1. The molecular weight excluding hydrogens is 338 g/mol. The summed E-state index contributed by atoms with van der Waals surface area (Å²) in [7, 11) is 1.74. The third kappa shape index (κ3) is 5.70. The lowest BCUT2D eigenvalue weighted by Crippen LogP contribution is -2.46. The Morgan fingerprint density at radius 1 is 0.963 bits per heavy atom. The van der Waals surface area contributed by atoms with E-state index in [2.05, 4.69) is 70.7 Å². The largest absolute Gasteiger partial charge is 0.495 e. The van der Waals surface area contributed by atoms with Gasteiger partial charge in [0.25, 0.3) is 0 Å². The first-order chi connectivity index (χ1) is 13.3. The molecule has 1 N–H and O–H groups in total. The van der Waals surface area contributed by atoms with Crippen LogP contribution in [0.25, 0.3) is 0 Å². The standard InChI is InChI=1S/C22H31N3O2/c1-3-15-27-23-17-20-9-10-22(26-2)21(16-20)25-13-11-24(12-14-25)18-19-7-5-4-6-8-19/h4-10,16,23H,3,11-15,17-18H2,1-2H3. The summed E-state index contributed by atoms with van der Waals surface area (Å²) >= 11 is 0. The van der Waals surface area contributed by atoms with E-state index >= 15 is 0 Å². The van der Waals surface area contributed by atoms with Crippen molar-refractivity contribution in [1.29, 1.82) is 0 Å². The predicted molar refractivity (Wildman–Crippen MR) is 110 cm³/mol. The molecule has 0 spiro atoms. The van der Waals surface area contributed by atoms with Gasteiger partial charge in [-0.05, 0) is 29.7 Å². The van der Waals surface area contributed by atoms with E-state index in [-0.39, 0.29) is 0 Å². The van der Waals surface area contributed by atoms with Crippen LogP contribution in [0.15, 0.2) is 48.5 Å². The summed E-state index contributed by atoms with van der Waals surface area (Å²) < 4.78 is 5.61. The number of anilines is 1. The summed E-state index contributed by atoms with van der Waals surface area (Å²) in [4.78, 5) is 10.3. The minimum absolute atomic E-state index is 0.699. The Kier molecular flexibility index (Phi) is 7.51. The topological polar surface area (TPSA) is 37.0 Å². The van der Waals surface area contributed by atoms with Crippen LogP contribution >= 0.6 is 0 Å². The van der Waals surface area contributed by atoms with Gasteiger partial charge < -0.3 is 14.5 Å². The molecule has 0 aromatic heterocycles. The highest BCUT2D eigenvalue weighted by atomic mass is 16.6. The van der Waals surface area contributed by atoms with Crippen LogP contribution in [-0.4, -0.2) is 44.8 Å². The molecule has 0 saturated carbocycles. The number of rotatable bonds is 9. The SMILES string of the molecule is CCCONCc1ccc(OC)c(N2CCN(Cc3ccccc3)CC2)c1. The van der Waals surface area contributed by atoms with Gasteiger partial charge in [0.2, 0.25) is 0 Å². The Labute approximate surface area is 162 Å². The molecule has 0 atom stereocenters. The van der Waals surface area contributed by atoms with E-state index in [0.717, 1.165) is 51.5 Å². The van der Waals surface area contributed by atoms with E-state index in [9.17, 15) is 0 Å². The summed E-state index contributed by atoms with van der Waals surface area (Å²) in [6.07, 6.45) is 1.01. The number of nitrogens with one attached hydrogen (secondary N) is 1. The Hall–Kier alpha value is -2.08. The molecule has 1 aliphatic heterocycles. The lowest BCUT2D eigenvalue weighted by atomic mass is 10.1. The lowest BCUT2D eigenvalue weighted by molar-refractivity contribution is 0.0371. The molecule has 1 fully saturated rings. The van der Waals surface area contributed by atoms with Crippen LogP contribution in [0, 0.1) is 0 Å². The van der Waals surface area contributed by atoms with Gasteiger partial charge in [-0.2, -0.15) is 5.48 Å². The molecule has 1 aliphatic rings. The van der Waals surface area contributed by atoms with Gasteiger partial charge in [-0.15, -0.1) is 0 Å². The van der Waals surface area contributed by atoms with Gasteiger partial charge in [-0.3, -0.25) is 4.90 Å². The third-order valence-corrected chi connectivity index (χ3v) is 4.89. The molecule has 2 aromatic carbocycles. The molecule has 1 heterocycles. The van der Waals surface area contributed by atoms with Crippen LogP contribution < -0.4 is 15.1 Å². The maximum absolute atomic E-state index is 5.61. The molecule has 0 aliphatic carbocycles. The number of methoxy groups -OCH3 is 1. The molecule has 0 amide bonds. The van der Waals surface area contributed by atoms with Crippen LogP contribution in [0.5, 0.6) is 5.75 Å². The maximum atomic E-state index is 5.61. The smallest absolute Gasteiger partial charge is 0.142 e.